The second kappa shape index (κ2) is 5.51. The number of thiophene rings is 1. The zero-order chi connectivity index (χ0) is 11.3. The molecule has 1 heterocycles. The van der Waals surface area contributed by atoms with E-state index < -0.39 is 0 Å². The standard InChI is InChI=1S/C10H8O2S.C2H6/c1-7(11)12-9-2-3-10-8(6-9)4-5-13-10;1-2/h2-6H,1H3;1-2H3. The Kier molecular flexibility index (Phi) is 4.31. The minimum atomic E-state index is -0.283. The average Bonchev–Trinajstić information content (AvgIpc) is 2.67. The first kappa shape index (κ1) is 11.7. The molecule has 0 N–H and O–H groups in total. The third-order valence-electron chi connectivity index (χ3n) is 1.69. The number of fused-ring (bicyclic) bond motifs is 1. The van der Waals surface area contributed by atoms with E-state index in [0.29, 0.717) is 5.75 Å². The number of carbonyl (C=O) groups is 1. The third-order valence-corrected chi connectivity index (χ3v) is 2.58. The highest BCUT2D eigenvalue weighted by Crippen LogP contribution is 2.25. The van der Waals surface area contributed by atoms with Crippen molar-refractivity contribution in [1.29, 1.82) is 0 Å². The number of rotatable bonds is 1. The second-order valence-electron chi connectivity index (χ2n) is 2.71. The molecule has 0 aliphatic carbocycles. The first-order valence-corrected chi connectivity index (χ1v) is 5.79. The molecule has 2 aromatic rings. The van der Waals surface area contributed by atoms with Crippen molar-refractivity contribution in [2.45, 2.75) is 20.8 Å². The van der Waals surface area contributed by atoms with Crippen LogP contribution in [0.15, 0.2) is 29.6 Å². The summed E-state index contributed by atoms with van der Waals surface area (Å²) in [6, 6.07) is 7.64. The van der Waals surface area contributed by atoms with Gasteiger partial charge < -0.3 is 4.74 Å². The Morgan fingerprint density at radius 1 is 1.27 bits per heavy atom. The molecule has 0 amide bonds. The fourth-order valence-corrected chi connectivity index (χ4v) is 1.95. The van der Waals surface area contributed by atoms with Crippen LogP contribution in [0.25, 0.3) is 10.1 Å². The van der Waals surface area contributed by atoms with Crippen LogP contribution in [0.4, 0.5) is 0 Å². The molecule has 0 spiro atoms. The molecule has 1 aromatic heterocycles. The SMILES string of the molecule is CC.CC(=O)Oc1ccc2sccc2c1. The van der Waals surface area contributed by atoms with E-state index in [-0.39, 0.29) is 5.97 Å². The number of ether oxygens (including phenoxy) is 1. The van der Waals surface area contributed by atoms with Gasteiger partial charge in [-0.2, -0.15) is 0 Å². The molecule has 0 fully saturated rings. The Hall–Kier alpha value is -1.35. The molecule has 2 rings (SSSR count). The Labute approximate surface area is 93.5 Å². The first-order chi connectivity index (χ1) is 7.25. The maximum atomic E-state index is 10.7. The molecule has 1 aromatic carbocycles. The van der Waals surface area contributed by atoms with Crippen molar-refractivity contribution in [3.63, 3.8) is 0 Å². The number of hydrogen-bond acceptors (Lipinski definition) is 3. The van der Waals surface area contributed by atoms with E-state index in [1.807, 2.05) is 37.4 Å². The summed E-state index contributed by atoms with van der Waals surface area (Å²) < 4.78 is 6.16. The van der Waals surface area contributed by atoms with Gasteiger partial charge in [-0.15, -0.1) is 11.3 Å². The number of benzene rings is 1. The summed E-state index contributed by atoms with van der Waals surface area (Å²) in [6.07, 6.45) is 0. The zero-order valence-corrected chi connectivity index (χ0v) is 9.93. The van der Waals surface area contributed by atoms with Crippen molar-refractivity contribution < 1.29 is 9.53 Å². The van der Waals surface area contributed by atoms with Gasteiger partial charge in [-0.25, -0.2) is 0 Å². The molecular weight excluding hydrogens is 208 g/mol. The largest absolute Gasteiger partial charge is 0.427 e. The van der Waals surface area contributed by atoms with E-state index in [4.69, 9.17) is 4.74 Å². The van der Waals surface area contributed by atoms with Gasteiger partial charge in [-0.3, -0.25) is 4.79 Å². The topological polar surface area (TPSA) is 26.3 Å². The molecule has 0 atom stereocenters. The highest BCUT2D eigenvalue weighted by Gasteiger charge is 2.00. The van der Waals surface area contributed by atoms with Gasteiger partial charge in [0, 0.05) is 11.6 Å². The molecule has 80 valence electrons. The zero-order valence-electron chi connectivity index (χ0n) is 9.11. The van der Waals surface area contributed by atoms with E-state index in [1.54, 1.807) is 17.4 Å². The molecule has 15 heavy (non-hydrogen) atoms. The molecule has 0 saturated heterocycles. The lowest BCUT2D eigenvalue weighted by Gasteiger charge is -1.99. The van der Waals surface area contributed by atoms with Crippen molar-refractivity contribution in [3.05, 3.63) is 29.6 Å². The predicted octanol–water partition coefficient (Wildman–Crippen LogP) is 3.85. The van der Waals surface area contributed by atoms with Gasteiger partial charge in [0.2, 0.25) is 0 Å². The van der Waals surface area contributed by atoms with Crippen LogP contribution < -0.4 is 4.74 Å². The molecule has 0 aliphatic rings. The lowest BCUT2D eigenvalue weighted by molar-refractivity contribution is -0.131. The average molecular weight is 222 g/mol. The van der Waals surface area contributed by atoms with Crippen LogP contribution in [0.3, 0.4) is 0 Å². The Morgan fingerprint density at radius 2 is 2.00 bits per heavy atom. The van der Waals surface area contributed by atoms with Gasteiger partial charge in [0.15, 0.2) is 0 Å². The highest BCUT2D eigenvalue weighted by molar-refractivity contribution is 7.17. The van der Waals surface area contributed by atoms with Crippen LogP contribution in [0.1, 0.15) is 20.8 Å². The summed E-state index contributed by atoms with van der Waals surface area (Å²) in [4.78, 5) is 10.7. The van der Waals surface area contributed by atoms with Crippen LogP contribution in [0.2, 0.25) is 0 Å². The molecule has 0 radical (unpaired) electrons. The fourth-order valence-electron chi connectivity index (χ4n) is 1.17. The summed E-state index contributed by atoms with van der Waals surface area (Å²) >= 11 is 1.67. The van der Waals surface area contributed by atoms with Crippen molar-refractivity contribution in [2.24, 2.45) is 0 Å². The Morgan fingerprint density at radius 3 is 2.67 bits per heavy atom. The van der Waals surface area contributed by atoms with Crippen molar-refractivity contribution in [3.8, 4) is 5.75 Å². The summed E-state index contributed by atoms with van der Waals surface area (Å²) in [5, 5.41) is 3.13. The Bertz CT molecular complexity index is 446. The second-order valence-corrected chi connectivity index (χ2v) is 3.66. The molecule has 0 saturated carbocycles. The molecule has 2 nitrogen and oxygen atoms in total. The highest BCUT2D eigenvalue weighted by atomic mass is 32.1. The quantitative estimate of drug-likeness (QED) is 0.541. The number of esters is 1. The van der Waals surface area contributed by atoms with Crippen LogP contribution in [-0.4, -0.2) is 5.97 Å². The minimum absolute atomic E-state index is 0.283. The number of hydrogen-bond donors (Lipinski definition) is 0. The van der Waals surface area contributed by atoms with Crippen LogP contribution in [0.5, 0.6) is 5.75 Å². The summed E-state index contributed by atoms with van der Waals surface area (Å²) in [5.41, 5.74) is 0. The van der Waals surface area contributed by atoms with Gasteiger partial charge in [-0.05, 0) is 35.0 Å². The van der Waals surface area contributed by atoms with E-state index in [9.17, 15) is 4.79 Å². The normalized spacial score (nSPS) is 9.27. The Balaban J connectivity index is 0.000000531. The lowest BCUT2D eigenvalue weighted by atomic mass is 10.2. The van der Waals surface area contributed by atoms with Gasteiger partial charge >= 0.3 is 5.97 Å². The van der Waals surface area contributed by atoms with Crippen molar-refractivity contribution in [1.82, 2.24) is 0 Å². The molecular formula is C12H14O2S. The van der Waals surface area contributed by atoms with E-state index in [0.717, 1.165) is 5.39 Å². The van der Waals surface area contributed by atoms with Crippen molar-refractivity contribution >= 4 is 27.4 Å². The molecule has 3 heteroatoms. The number of carbonyl (C=O) groups excluding carboxylic acids is 1. The summed E-state index contributed by atoms with van der Waals surface area (Å²) in [6.45, 7) is 5.40. The van der Waals surface area contributed by atoms with Crippen LogP contribution in [-0.2, 0) is 4.79 Å². The predicted molar refractivity (Wildman–Crippen MR) is 64.5 cm³/mol. The van der Waals surface area contributed by atoms with Gasteiger partial charge in [-0.1, -0.05) is 13.8 Å². The van der Waals surface area contributed by atoms with E-state index in [1.165, 1.54) is 11.6 Å². The summed E-state index contributed by atoms with van der Waals surface area (Å²) in [5.74, 6) is 0.327. The maximum absolute atomic E-state index is 10.7. The minimum Gasteiger partial charge on any atom is -0.427 e. The van der Waals surface area contributed by atoms with E-state index in [2.05, 4.69) is 0 Å². The van der Waals surface area contributed by atoms with Crippen LogP contribution in [0, 0.1) is 0 Å². The lowest BCUT2D eigenvalue weighted by Crippen LogP contribution is -2.00. The smallest absolute Gasteiger partial charge is 0.308 e. The first-order valence-electron chi connectivity index (χ1n) is 4.91. The molecule has 0 bridgehead atoms. The third kappa shape index (κ3) is 3.06. The van der Waals surface area contributed by atoms with Gasteiger partial charge in [0.05, 0.1) is 0 Å². The summed E-state index contributed by atoms with van der Waals surface area (Å²) in [7, 11) is 0. The van der Waals surface area contributed by atoms with Crippen LogP contribution >= 0.6 is 11.3 Å². The molecule has 0 unspecified atom stereocenters. The van der Waals surface area contributed by atoms with Gasteiger partial charge in [0.25, 0.3) is 0 Å². The molecule has 0 aliphatic heterocycles. The fraction of sp³-hybridized carbons (Fsp3) is 0.250. The monoisotopic (exact) mass is 222 g/mol. The van der Waals surface area contributed by atoms with E-state index >= 15 is 0 Å². The maximum Gasteiger partial charge on any atom is 0.308 e. The van der Waals surface area contributed by atoms with Crippen molar-refractivity contribution in [2.75, 3.05) is 0 Å². The van der Waals surface area contributed by atoms with Gasteiger partial charge in [0.1, 0.15) is 5.75 Å².